The van der Waals surface area contributed by atoms with Crippen molar-refractivity contribution in [1.29, 1.82) is 0 Å². The largest absolute Gasteiger partial charge is 0.446 e. The monoisotopic (exact) mass is 743 g/mol. The first-order chi connectivity index (χ1) is 24.0. The van der Waals surface area contributed by atoms with Gasteiger partial charge in [-0.2, -0.15) is 4.31 Å². The molecule has 51 heavy (non-hydrogen) atoms. The minimum Gasteiger partial charge on any atom is -0.446 e. The Morgan fingerprint density at radius 3 is 2.27 bits per heavy atom. The van der Waals surface area contributed by atoms with Gasteiger partial charge in [-0.25, -0.2) is 21.6 Å². The van der Waals surface area contributed by atoms with E-state index < -0.39 is 91.3 Å². The molecule has 3 aliphatic carbocycles. The molecule has 2 aromatic carbocycles. The Hall–Kier alpha value is -4.02. The molecule has 14 nitrogen and oxygen atoms in total. The van der Waals surface area contributed by atoms with E-state index in [4.69, 9.17) is 4.74 Å². The van der Waals surface area contributed by atoms with Crippen molar-refractivity contribution in [1.82, 2.24) is 24.6 Å². The van der Waals surface area contributed by atoms with Gasteiger partial charge in [-0.15, -0.1) is 6.58 Å². The average molecular weight is 744 g/mol. The van der Waals surface area contributed by atoms with Gasteiger partial charge in [-0.3, -0.25) is 19.1 Å². The van der Waals surface area contributed by atoms with Gasteiger partial charge in [0.15, 0.2) is 0 Å². The van der Waals surface area contributed by atoms with Crippen LogP contribution in [-0.4, -0.2) is 92.0 Å². The maximum Gasteiger partial charge on any atom is 0.408 e. The van der Waals surface area contributed by atoms with Crippen molar-refractivity contribution in [3.63, 3.8) is 0 Å². The molecule has 4 fully saturated rings. The molecule has 3 saturated carbocycles. The summed E-state index contributed by atoms with van der Waals surface area (Å²) >= 11 is 0. The van der Waals surface area contributed by atoms with E-state index in [9.17, 15) is 36.0 Å². The molecule has 0 unspecified atom stereocenters. The van der Waals surface area contributed by atoms with E-state index in [1.807, 2.05) is 0 Å². The van der Waals surface area contributed by atoms with Crippen LogP contribution in [0.5, 0.6) is 0 Å². The Balaban J connectivity index is 1.32. The highest BCUT2D eigenvalue weighted by molar-refractivity contribution is 7.91. The number of rotatable bonds is 11. The highest BCUT2D eigenvalue weighted by Crippen LogP contribution is 2.45. The molecule has 2 aromatic rings. The van der Waals surface area contributed by atoms with Crippen LogP contribution in [0.3, 0.4) is 0 Å². The number of benzene rings is 2. The summed E-state index contributed by atoms with van der Waals surface area (Å²) in [5.41, 5.74) is -2.57. The third-order valence-electron chi connectivity index (χ3n) is 10.2. The lowest BCUT2D eigenvalue weighted by molar-refractivity contribution is -0.142. The number of alkyl carbamates (subject to hydrolysis) is 1. The number of carbonyl (C=O) groups excluding carboxylic acids is 4. The number of hydrogen-bond donors (Lipinski definition) is 3. The standard InChI is InChI=1S/C35H45N5O9S2/c1-5-23-19-35(23,32(43)38-50(45,46)25-17-18-25)37-30(41)27-20-39(51(47,48)28-16-10-12-22-11-6-9-15-26(22)28)21-40(27)31(42)29(34(2,3)4)36-33(44)49-24-13-7-8-14-24/h5-6,9-12,15-16,23-25,27,29H,1,7-8,13-14,17-21H2,2-4H3,(H,36,44)(H,37,41)(H,38,43)/t23-,27+,29-,35-/m1/s1. The topological polar surface area (TPSA) is 188 Å². The van der Waals surface area contributed by atoms with E-state index in [1.54, 1.807) is 57.2 Å². The number of amides is 4. The van der Waals surface area contributed by atoms with Crippen LogP contribution >= 0.6 is 0 Å². The van der Waals surface area contributed by atoms with E-state index in [-0.39, 0.29) is 17.4 Å². The Morgan fingerprint density at radius 2 is 1.65 bits per heavy atom. The number of ether oxygens (including phenoxy) is 1. The van der Waals surface area contributed by atoms with E-state index in [0.29, 0.717) is 36.5 Å². The molecule has 0 bridgehead atoms. The van der Waals surface area contributed by atoms with Gasteiger partial charge in [-0.05, 0) is 61.8 Å². The Labute approximate surface area is 298 Å². The Bertz CT molecular complexity index is 1960. The average Bonchev–Trinajstić information content (AvgIpc) is 3.95. The highest BCUT2D eigenvalue weighted by atomic mass is 32.2. The molecule has 3 N–H and O–H groups in total. The quantitative estimate of drug-likeness (QED) is 0.291. The van der Waals surface area contributed by atoms with Crippen molar-refractivity contribution in [2.24, 2.45) is 11.3 Å². The van der Waals surface area contributed by atoms with E-state index in [1.165, 1.54) is 12.1 Å². The molecule has 4 atom stereocenters. The zero-order valence-corrected chi connectivity index (χ0v) is 30.6. The summed E-state index contributed by atoms with van der Waals surface area (Å²) in [6.45, 7) is 7.89. The van der Waals surface area contributed by atoms with Gasteiger partial charge in [0.05, 0.1) is 16.8 Å². The predicted molar refractivity (Wildman–Crippen MR) is 188 cm³/mol. The lowest BCUT2D eigenvalue weighted by Crippen LogP contribution is -2.60. The van der Waals surface area contributed by atoms with Crippen molar-refractivity contribution in [3.05, 3.63) is 55.1 Å². The van der Waals surface area contributed by atoms with E-state index >= 15 is 0 Å². The van der Waals surface area contributed by atoms with E-state index in [0.717, 1.165) is 22.0 Å². The molecule has 0 radical (unpaired) electrons. The lowest BCUT2D eigenvalue weighted by Gasteiger charge is -2.35. The second-order valence-corrected chi connectivity index (χ2v) is 18.9. The molecule has 4 amide bonds. The van der Waals surface area contributed by atoms with Crippen molar-refractivity contribution in [3.8, 4) is 0 Å². The normalized spacial score (nSPS) is 24.9. The number of nitrogens with zero attached hydrogens (tertiary/aromatic N) is 2. The molecule has 1 aliphatic heterocycles. The fourth-order valence-corrected chi connectivity index (χ4v) is 9.91. The fourth-order valence-electron chi connectivity index (χ4n) is 6.94. The molecular formula is C35H45N5O9S2. The predicted octanol–water partition coefficient (Wildman–Crippen LogP) is 2.75. The Kier molecular flexibility index (Phi) is 9.74. The van der Waals surface area contributed by atoms with Gasteiger partial charge >= 0.3 is 6.09 Å². The number of hydrogen-bond acceptors (Lipinski definition) is 9. The second-order valence-electron chi connectivity index (χ2n) is 15.0. The SMILES string of the molecule is C=C[C@@H]1C[C@]1(NC(=O)[C@@H]1CN(S(=O)(=O)c2cccc3ccccc23)CN1C(=O)[C@@H](NC(=O)OC1CCCC1)C(C)(C)C)C(=O)NS(=O)(=O)C1CC1. The summed E-state index contributed by atoms with van der Waals surface area (Å²) < 4.78 is 62.6. The molecule has 4 aliphatic rings. The van der Waals surface area contributed by atoms with Crippen LogP contribution in [-0.2, 0) is 39.2 Å². The van der Waals surface area contributed by atoms with Crippen molar-refractivity contribution in [2.45, 2.75) is 99.6 Å². The van der Waals surface area contributed by atoms with Gasteiger partial charge < -0.3 is 20.3 Å². The summed E-state index contributed by atoms with van der Waals surface area (Å²) in [5, 5.41) is 5.78. The van der Waals surface area contributed by atoms with Crippen LogP contribution in [0.25, 0.3) is 10.8 Å². The zero-order chi connectivity index (χ0) is 36.9. The fraction of sp³-hybridized carbons (Fsp3) is 0.543. The van der Waals surface area contributed by atoms with Crippen molar-refractivity contribution in [2.75, 3.05) is 13.2 Å². The maximum absolute atomic E-state index is 14.5. The minimum absolute atomic E-state index is 0.0188. The summed E-state index contributed by atoms with van der Waals surface area (Å²) in [4.78, 5) is 56.3. The second kappa shape index (κ2) is 13.5. The van der Waals surface area contributed by atoms with E-state index in [2.05, 4.69) is 21.9 Å². The molecule has 6 rings (SSSR count). The van der Waals surface area contributed by atoms with Gasteiger partial charge in [0.25, 0.3) is 5.91 Å². The number of carbonyl (C=O) groups is 4. The van der Waals surface area contributed by atoms with Crippen molar-refractivity contribution >= 4 is 54.6 Å². The lowest BCUT2D eigenvalue weighted by atomic mass is 9.85. The number of sulfonamides is 2. The summed E-state index contributed by atoms with van der Waals surface area (Å²) in [6.07, 6.45) is 4.52. The minimum atomic E-state index is -4.31. The molecular weight excluding hydrogens is 699 g/mol. The third-order valence-corrected chi connectivity index (χ3v) is 13.9. The first-order valence-corrected chi connectivity index (χ1v) is 20.2. The van der Waals surface area contributed by atoms with Gasteiger partial charge in [0.1, 0.15) is 23.7 Å². The maximum atomic E-state index is 14.5. The molecule has 1 heterocycles. The van der Waals surface area contributed by atoms with Crippen LogP contribution in [0.2, 0.25) is 0 Å². The molecule has 0 spiro atoms. The number of fused-ring (bicyclic) bond motifs is 1. The van der Waals surface area contributed by atoms with Crippen LogP contribution in [0.4, 0.5) is 4.79 Å². The highest BCUT2D eigenvalue weighted by Gasteiger charge is 2.62. The van der Waals surface area contributed by atoms with Crippen LogP contribution in [0.1, 0.15) is 65.7 Å². The summed E-state index contributed by atoms with van der Waals surface area (Å²) in [7, 11) is -8.27. The van der Waals surface area contributed by atoms with Crippen LogP contribution in [0, 0.1) is 11.3 Å². The first-order valence-electron chi connectivity index (χ1n) is 17.2. The molecule has 16 heteroatoms. The molecule has 1 saturated heterocycles. The zero-order valence-electron chi connectivity index (χ0n) is 29.0. The van der Waals surface area contributed by atoms with Crippen LogP contribution < -0.4 is 15.4 Å². The third kappa shape index (κ3) is 7.35. The van der Waals surface area contributed by atoms with Crippen LogP contribution in [0.15, 0.2) is 60.0 Å². The first kappa shape index (κ1) is 36.8. The number of nitrogens with one attached hydrogen (secondary N) is 3. The molecule has 276 valence electrons. The van der Waals surface area contributed by atoms with Gasteiger partial charge in [-0.1, -0.05) is 63.2 Å². The van der Waals surface area contributed by atoms with Gasteiger partial charge in [0, 0.05) is 17.8 Å². The molecule has 0 aromatic heterocycles. The smallest absolute Gasteiger partial charge is 0.408 e. The summed E-state index contributed by atoms with van der Waals surface area (Å²) in [5.74, 6) is -3.12. The van der Waals surface area contributed by atoms with Crippen molar-refractivity contribution < 1.29 is 40.8 Å². The summed E-state index contributed by atoms with van der Waals surface area (Å²) in [6, 6.07) is 9.08. The Morgan fingerprint density at radius 1 is 0.980 bits per heavy atom. The van der Waals surface area contributed by atoms with Gasteiger partial charge in [0.2, 0.25) is 31.9 Å².